The van der Waals surface area contributed by atoms with Gasteiger partial charge in [-0.2, -0.15) is 0 Å². The van der Waals surface area contributed by atoms with Crippen LogP contribution in [0.25, 0.3) is 0 Å². The van der Waals surface area contributed by atoms with Crippen LogP contribution in [0.3, 0.4) is 0 Å². The monoisotopic (exact) mass is 262 g/mol. The Labute approximate surface area is 144 Å². The van der Waals surface area contributed by atoms with E-state index in [1.165, 1.54) is 0 Å². The largest absolute Gasteiger partial charge is 1.00 e. The number of hydrogen-bond donors (Lipinski definition) is 1. The predicted molar refractivity (Wildman–Crippen MR) is 59.4 cm³/mol. The molecule has 0 spiro atoms. The van der Waals surface area contributed by atoms with Crippen molar-refractivity contribution in [2.75, 3.05) is 0 Å². The SMILES string of the molecule is CCc1ccccc1OC(=O)CCC(=O)O.[H-].[K+]. The molecule has 1 aromatic carbocycles. The standard InChI is InChI=1S/C12H14O4.K.H/c1-2-9-5-3-4-6-10(9)16-12(15)8-7-11(13)14;;/h3-6H,2,7-8H2,1H3,(H,13,14);;/q;+1;-1. The van der Waals surface area contributed by atoms with Gasteiger partial charge < -0.3 is 11.3 Å². The summed E-state index contributed by atoms with van der Waals surface area (Å²) in [6, 6.07) is 7.23. The van der Waals surface area contributed by atoms with Crippen molar-refractivity contribution in [1.82, 2.24) is 0 Å². The molecule has 0 radical (unpaired) electrons. The van der Waals surface area contributed by atoms with Crippen molar-refractivity contribution in [3.63, 3.8) is 0 Å². The number of carboxylic acids is 1. The fraction of sp³-hybridized carbons (Fsp3) is 0.333. The van der Waals surface area contributed by atoms with Gasteiger partial charge in [0.2, 0.25) is 0 Å². The number of ether oxygens (including phenoxy) is 1. The van der Waals surface area contributed by atoms with Gasteiger partial charge in [-0.3, -0.25) is 9.59 Å². The van der Waals surface area contributed by atoms with Gasteiger partial charge in [-0.25, -0.2) is 0 Å². The molecule has 4 nitrogen and oxygen atoms in total. The number of esters is 1. The molecule has 1 rings (SSSR count). The number of aryl methyl sites for hydroxylation is 1. The Morgan fingerprint density at radius 1 is 1.29 bits per heavy atom. The molecule has 0 saturated carbocycles. The van der Waals surface area contributed by atoms with Crippen molar-refractivity contribution in [3.8, 4) is 5.75 Å². The zero-order valence-electron chi connectivity index (χ0n) is 11.1. The normalized spacial score (nSPS) is 9.24. The Morgan fingerprint density at radius 2 is 1.94 bits per heavy atom. The van der Waals surface area contributed by atoms with E-state index in [9.17, 15) is 9.59 Å². The zero-order valence-corrected chi connectivity index (χ0v) is 13.2. The maximum atomic E-state index is 11.3. The van der Waals surface area contributed by atoms with Crippen LogP contribution in [-0.4, -0.2) is 17.0 Å². The number of carboxylic acid groups (broad SMARTS) is 1. The minimum absolute atomic E-state index is 0. The van der Waals surface area contributed by atoms with Gasteiger partial charge >= 0.3 is 63.3 Å². The summed E-state index contributed by atoms with van der Waals surface area (Å²) in [6.45, 7) is 1.96. The van der Waals surface area contributed by atoms with Crippen molar-refractivity contribution in [3.05, 3.63) is 29.8 Å². The van der Waals surface area contributed by atoms with E-state index in [4.69, 9.17) is 9.84 Å². The number of para-hydroxylation sites is 1. The number of aliphatic carboxylic acids is 1. The molecule has 0 atom stereocenters. The van der Waals surface area contributed by atoms with Crippen molar-refractivity contribution >= 4 is 11.9 Å². The Morgan fingerprint density at radius 3 is 2.53 bits per heavy atom. The van der Waals surface area contributed by atoms with E-state index in [0.717, 1.165) is 12.0 Å². The minimum atomic E-state index is -0.999. The van der Waals surface area contributed by atoms with E-state index in [1.807, 2.05) is 19.1 Å². The molecule has 0 bridgehead atoms. The molecule has 0 saturated heterocycles. The third kappa shape index (κ3) is 6.33. The van der Waals surface area contributed by atoms with Crippen LogP contribution >= 0.6 is 0 Å². The number of benzene rings is 1. The molecule has 0 aromatic heterocycles. The summed E-state index contributed by atoms with van der Waals surface area (Å²) in [5.74, 6) is -0.996. The van der Waals surface area contributed by atoms with Gasteiger partial charge in [0.1, 0.15) is 5.75 Å². The molecule has 1 aromatic rings. The van der Waals surface area contributed by atoms with Crippen molar-refractivity contribution in [2.24, 2.45) is 0 Å². The molecule has 17 heavy (non-hydrogen) atoms. The van der Waals surface area contributed by atoms with E-state index in [2.05, 4.69) is 0 Å². The predicted octanol–water partition coefficient (Wildman–Crippen LogP) is -0.864. The molecule has 0 aliphatic heterocycles. The maximum absolute atomic E-state index is 11.3. The van der Waals surface area contributed by atoms with Gasteiger partial charge in [0.15, 0.2) is 0 Å². The fourth-order valence-electron chi connectivity index (χ4n) is 1.28. The maximum Gasteiger partial charge on any atom is 1.00 e. The van der Waals surface area contributed by atoms with Crippen molar-refractivity contribution < 1.29 is 72.2 Å². The Balaban J connectivity index is 0. The van der Waals surface area contributed by atoms with E-state index in [-0.39, 0.29) is 65.7 Å². The van der Waals surface area contributed by atoms with Crippen LogP contribution in [0, 0.1) is 0 Å². The van der Waals surface area contributed by atoms with Gasteiger partial charge in [0.05, 0.1) is 12.8 Å². The molecule has 0 heterocycles. The molecule has 1 N–H and O–H groups in total. The average molecular weight is 262 g/mol. The average Bonchev–Trinajstić information content (AvgIpc) is 2.27. The van der Waals surface area contributed by atoms with Gasteiger partial charge in [0.25, 0.3) is 0 Å². The summed E-state index contributed by atoms with van der Waals surface area (Å²) >= 11 is 0. The van der Waals surface area contributed by atoms with Crippen molar-refractivity contribution in [1.29, 1.82) is 0 Å². The molecular formula is C12H15KO4. The van der Waals surface area contributed by atoms with Crippen LogP contribution < -0.4 is 56.1 Å². The summed E-state index contributed by atoms with van der Waals surface area (Å²) in [5, 5.41) is 8.42. The quantitative estimate of drug-likeness (QED) is 0.426. The molecule has 0 aliphatic carbocycles. The Bertz CT molecular complexity index is 395. The molecular weight excluding hydrogens is 247 g/mol. The van der Waals surface area contributed by atoms with Crippen LogP contribution in [0.4, 0.5) is 0 Å². The third-order valence-electron chi connectivity index (χ3n) is 2.12. The van der Waals surface area contributed by atoms with E-state index >= 15 is 0 Å². The number of hydrogen-bond acceptors (Lipinski definition) is 3. The van der Waals surface area contributed by atoms with Crippen LogP contribution in [0.2, 0.25) is 0 Å². The molecule has 0 unspecified atom stereocenters. The molecule has 0 amide bonds. The van der Waals surface area contributed by atoms with E-state index < -0.39 is 11.9 Å². The molecule has 88 valence electrons. The summed E-state index contributed by atoms with van der Waals surface area (Å²) in [5.41, 5.74) is 0.936. The summed E-state index contributed by atoms with van der Waals surface area (Å²) < 4.78 is 5.08. The van der Waals surface area contributed by atoms with Crippen LogP contribution in [-0.2, 0) is 16.0 Å². The molecule has 0 fully saturated rings. The minimum Gasteiger partial charge on any atom is -1.00 e. The number of rotatable bonds is 5. The number of carbonyl (C=O) groups is 2. The third-order valence-corrected chi connectivity index (χ3v) is 2.12. The van der Waals surface area contributed by atoms with E-state index in [0.29, 0.717) is 5.75 Å². The first kappa shape index (κ1) is 16.8. The van der Waals surface area contributed by atoms with Crippen LogP contribution in [0.5, 0.6) is 5.75 Å². The molecule has 0 aliphatic rings. The summed E-state index contributed by atoms with van der Waals surface area (Å²) in [6.07, 6.45) is 0.461. The summed E-state index contributed by atoms with van der Waals surface area (Å²) in [4.78, 5) is 21.6. The second-order valence-corrected chi connectivity index (χ2v) is 3.33. The van der Waals surface area contributed by atoms with Crippen LogP contribution in [0.1, 0.15) is 26.8 Å². The first-order valence-electron chi connectivity index (χ1n) is 5.14. The zero-order chi connectivity index (χ0) is 12.0. The smallest absolute Gasteiger partial charge is 1.00 e. The Kier molecular flexibility index (Phi) is 8.72. The van der Waals surface area contributed by atoms with Gasteiger partial charge in [-0.1, -0.05) is 25.1 Å². The van der Waals surface area contributed by atoms with E-state index in [1.54, 1.807) is 12.1 Å². The topological polar surface area (TPSA) is 63.6 Å². The van der Waals surface area contributed by atoms with Crippen molar-refractivity contribution in [2.45, 2.75) is 26.2 Å². The second kappa shape index (κ2) is 8.82. The first-order chi connectivity index (χ1) is 7.63. The van der Waals surface area contributed by atoms with Gasteiger partial charge in [0, 0.05) is 0 Å². The summed E-state index contributed by atoms with van der Waals surface area (Å²) in [7, 11) is 0. The Hall–Kier alpha value is -0.204. The number of carbonyl (C=O) groups excluding carboxylic acids is 1. The molecule has 5 heteroatoms. The first-order valence-corrected chi connectivity index (χ1v) is 5.14. The van der Waals surface area contributed by atoms with Gasteiger partial charge in [-0.15, -0.1) is 0 Å². The second-order valence-electron chi connectivity index (χ2n) is 3.33. The van der Waals surface area contributed by atoms with Gasteiger partial charge in [-0.05, 0) is 18.1 Å². The van der Waals surface area contributed by atoms with Crippen LogP contribution in [0.15, 0.2) is 24.3 Å². The fourth-order valence-corrected chi connectivity index (χ4v) is 1.28.